The van der Waals surface area contributed by atoms with E-state index in [-0.39, 0.29) is 6.09 Å². The molecule has 0 saturated carbocycles. The van der Waals surface area contributed by atoms with Crippen molar-refractivity contribution in [3.05, 3.63) is 0 Å². The summed E-state index contributed by atoms with van der Waals surface area (Å²) in [7, 11) is 0. The SMILES string of the molecule is CCOC(=O)N1CCCC(CCC=O)C1. The lowest BCUT2D eigenvalue weighted by Crippen LogP contribution is -2.40. The van der Waals surface area contributed by atoms with Crippen molar-refractivity contribution < 1.29 is 14.3 Å². The second kappa shape index (κ2) is 6.43. The number of hydrogen-bond donors (Lipinski definition) is 0. The summed E-state index contributed by atoms with van der Waals surface area (Å²) in [6, 6.07) is 0. The molecule has 86 valence electrons. The Balaban J connectivity index is 2.34. The van der Waals surface area contributed by atoms with Crippen molar-refractivity contribution in [1.82, 2.24) is 4.90 Å². The van der Waals surface area contributed by atoms with Crippen LogP contribution in [0.1, 0.15) is 32.6 Å². The number of amides is 1. The Labute approximate surface area is 90.6 Å². The van der Waals surface area contributed by atoms with Gasteiger partial charge in [-0.15, -0.1) is 0 Å². The van der Waals surface area contributed by atoms with Crippen LogP contribution in [-0.2, 0) is 9.53 Å². The van der Waals surface area contributed by atoms with E-state index >= 15 is 0 Å². The van der Waals surface area contributed by atoms with Gasteiger partial charge in [-0.25, -0.2) is 4.79 Å². The maximum atomic E-state index is 11.5. The summed E-state index contributed by atoms with van der Waals surface area (Å²) in [4.78, 5) is 23.5. The van der Waals surface area contributed by atoms with Crippen LogP contribution >= 0.6 is 0 Å². The molecule has 1 rings (SSSR count). The molecule has 1 atom stereocenters. The summed E-state index contributed by atoms with van der Waals surface area (Å²) in [5, 5.41) is 0. The fraction of sp³-hybridized carbons (Fsp3) is 0.818. The van der Waals surface area contributed by atoms with Crippen molar-refractivity contribution in [3.63, 3.8) is 0 Å². The van der Waals surface area contributed by atoms with Crippen molar-refractivity contribution in [2.75, 3.05) is 19.7 Å². The van der Waals surface area contributed by atoms with Gasteiger partial charge in [-0.1, -0.05) is 0 Å². The van der Waals surface area contributed by atoms with E-state index in [1.54, 1.807) is 4.90 Å². The smallest absolute Gasteiger partial charge is 0.409 e. The van der Waals surface area contributed by atoms with E-state index in [1.165, 1.54) is 0 Å². The van der Waals surface area contributed by atoms with Gasteiger partial charge in [0.2, 0.25) is 0 Å². The summed E-state index contributed by atoms with van der Waals surface area (Å²) >= 11 is 0. The summed E-state index contributed by atoms with van der Waals surface area (Å²) < 4.78 is 4.95. The first kappa shape index (κ1) is 12.0. The molecule has 0 aromatic carbocycles. The van der Waals surface area contributed by atoms with Crippen LogP contribution in [-0.4, -0.2) is 37.0 Å². The highest BCUT2D eigenvalue weighted by Crippen LogP contribution is 2.20. The van der Waals surface area contributed by atoms with E-state index in [2.05, 4.69) is 0 Å². The third-order valence-electron chi connectivity index (χ3n) is 2.74. The van der Waals surface area contributed by atoms with Gasteiger partial charge in [0.25, 0.3) is 0 Å². The Hall–Kier alpha value is -1.06. The number of ether oxygens (including phenoxy) is 1. The van der Waals surface area contributed by atoms with Crippen LogP contribution in [0.15, 0.2) is 0 Å². The molecule has 1 unspecified atom stereocenters. The molecule has 0 aromatic rings. The third-order valence-corrected chi connectivity index (χ3v) is 2.74. The number of carbonyl (C=O) groups is 2. The number of piperidine rings is 1. The molecule has 1 amide bonds. The van der Waals surface area contributed by atoms with E-state index in [9.17, 15) is 9.59 Å². The summed E-state index contributed by atoms with van der Waals surface area (Å²) in [5.41, 5.74) is 0. The van der Waals surface area contributed by atoms with Gasteiger partial charge in [0.15, 0.2) is 0 Å². The van der Waals surface area contributed by atoms with Crippen LogP contribution in [0.4, 0.5) is 4.79 Å². The Kier molecular flexibility index (Phi) is 5.15. The zero-order chi connectivity index (χ0) is 11.1. The Morgan fingerprint density at radius 3 is 3.07 bits per heavy atom. The molecule has 0 aromatic heterocycles. The number of likely N-dealkylation sites (tertiary alicyclic amines) is 1. The first-order valence-electron chi connectivity index (χ1n) is 5.63. The third kappa shape index (κ3) is 3.90. The molecule has 0 aliphatic carbocycles. The van der Waals surface area contributed by atoms with Crippen LogP contribution in [0.3, 0.4) is 0 Å². The molecule has 0 N–H and O–H groups in total. The molecular weight excluding hydrogens is 194 g/mol. The molecule has 1 saturated heterocycles. The Morgan fingerprint density at radius 1 is 1.60 bits per heavy atom. The molecule has 4 nitrogen and oxygen atoms in total. The lowest BCUT2D eigenvalue weighted by molar-refractivity contribution is -0.108. The number of aldehydes is 1. The van der Waals surface area contributed by atoms with Gasteiger partial charge in [0, 0.05) is 19.5 Å². The predicted molar refractivity (Wildman–Crippen MR) is 56.6 cm³/mol. The monoisotopic (exact) mass is 213 g/mol. The van der Waals surface area contributed by atoms with Crippen LogP contribution in [0.25, 0.3) is 0 Å². The Morgan fingerprint density at radius 2 is 2.40 bits per heavy atom. The summed E-state index contributed by atoms with van der Waals surface area (Å²) in [6.07, 6.45) is 4.35. The first-order chi connectivity index (χ1) is 7.27. The van der Waals surface area contributed by atoms with Gasteiger partial charge in [-0.3, -0.25) is 0 Å². The molecule has 1 heterocycles. The minimum Gasteiger partial charge on any atom is -0.450 e. The van der Waals surface area contributed by atoms with Gasteiger partial charge in [-0.05, 0) is 32.1 Å². The molecule has 0 spiro atoms. The zero-order valence-electron chi connectivity index (χ0n) is 9.28. The van der Waals surface area contributed by atoms with Gasteiger partial charge < -0.3 is 14.4 Å². The van der Waals surface area contributed by atoms with Crippen LogP contribution in [0.2, 0.25) is 0 Å². The second-order valence-electron chi connectivity index (χ2n) is 3.90. The number of hydrogen-bond acceptors (Lipinski definition) is 3. The fourth-order valence-electron chi connectivity index (χ4n) is 1.99. The molecular formula is C11H19NO3. The summed E-state index contributed by atoms with van der Waals surface area (Å²) in [5.74, 6) is 0.466. The molecule has 1 aliphatic heterocycles. The van der Waals surface area contributed by atoms with Crippen LogP contribution in [0, 0.1) is 5.92 Å². The molecule has 1 aliphatic rings. The molecule has 0 radical (unpaired) electrons. The van der Waals surface area contributed by atoms with Crippen molar-refractivity contribution in [1.29, 1.82) is 0 Å². The molecule has 4 heteroatoms. The van der Waals surface area contributed by atoms with Crippen molar-refractivity contribution in [3.8, 4) is 0 Å². The lowest BCUT2D eigenvalue weighted by Gasteiger charge is -2.31. The molecule has 15 heavy (non-hydrogen) atoms. The van der Waals surface area contributed by atoms with Crippen LogP contribution < -0.4 is 0 Å². The van der Waals surface area contributed by atoms with Gasteiger partial charge >= 0.3 is 6.09 Å². The van der Waals surface area contributed by atoms with E-state index < -0.39 is 0 Å². The van der Waals surface area contributed by atoms with Crippen molar-refractivity contribution in [2.45, 2.75) is 32.6 Å². The van der Waals surface area contributed by atoms with E-state index in [1.807, 2.05) is 6.92 Å². The maximum absolute atomic E-state index is 11.5. The van der Waals surface area contributed by atoms with Crippen molar-refractivity contribution >= 4 is 12.4 Å². The topological polar surface area (TPSA) is 46.6 Å². The molecule has 0 bridgehead atoms. The summed E-state index contributed by atoms with van der Waals surface area (Å²) in [6.45, 7) is 3.77. The normalized spacial score (nSPS) is 21.1. The largest absolute Gasteiger partial charge is 0.450 e. The van der Waals surface area contributed by atoms with Crippen LogP contribution in [0.5, 0.6) is 0 Å². The van der Waals surface area contributed by atoms with Crippen molar-refractivity contribution in [2.24, 2.45) is 5.92 Å². The van der Waals surface area contributed by atoms with E-state index in [4.69, 9.17) is 4.74 Å². The number of rotatable bonds is 4. The predicted octanol–water partition coefficient (Wildman–Crippen LogP) is 1.83. The second-order valence-corrected chi connectivity index (χ2v) is 3.90. The minimum absolute atomic E-state index is 0.215. The number of nitrogens with zero attached hydrogens (tertiary/aromatic N) is 1. The van der Waals surface area contributed by atoms with E-state index in [0.717, 1.165) is 38.6 Å². The fourth-order valence-corrected chi connectivity index (χ4v) is 1.99. The maximum Gasteiger partial charge on any atom is 0.409 e. The highest BCUT2D eigenvalue weighted by atomic mass is 16.6. The highest BCUT2D eigenvalue weighted by Gasteiger charge is 2.23. The minimum atomic E-state index is -0.215. The quantitative estimate of drug-likeness (QED) is 0.669. The first-order valence-corrected chi connectivity index (χ1v) is 5.63. The van der Waals surface area contributed by atoms with Gasteiger partial charge in [-0.2, -0.15) is 0 Å². The van der Waals surface area contributed by atoms with E-state index in [0.29, 0.717) is 18.9 Å². The highest BCUT2D eigenvalue weighted by molar-refractivity contribution is 5.67. The Bertz CT molecular complexity index is 218. The zero-order valence-corrected chi connectivity index (χ0v) is 9.28. The molecule has 1 fully saturated rings. The standard InChI is InChI=1S/C11H19NO3/c1-2-15-11(14)12-7-3-5-10(9-12)6-4-8-13/h8,10H,2-7,9H2,1H3. The van der Waals surface area contributed by atoms with Gasteiger partial charge in [0.1, 0.15) is 6.29 Å². The average Bonchev–Trinajstić information content (AvgIpc) is 2.27. The lowest BCUT2D eigenvalue weighted by atomic mass is 9.94. The van der Waals surface area contributed by atoms with Gasteiger partial charge in [0.05, 0.1) is 6.61 Å². The average molecular weight is 213 g/mol. The number of carbonyl (C=O) groups excluding carboxylic acids is 2.